The van der Waals surface area contributed by atoms with E-state index in [4.69, 9.17) is 39.9 Å². The molecule has 0 aliphatic heterocycles. The van der Waals surface area contributed by atoms with Gasteiger partial charge in [-0.1, -0.05) is 40.9 Å². The highest BCUT2D eigenvalue weighted by Crippen LogP contribution is 2.30. The number of pyridine rings is 1. The number of nitrogens with zero attached hydrogens (tertiary/aromatic N) is 1. The van der Waals surface area contributed by atoms with Crippen molar-refractivity contribution in [2.45, 2.75) is 6.61 Å². The van der Waals surface area contributed by atoms with Crippen molar-refractivity contribution in [3.8, 4) is 11.3 Å². The fraction of sp³-hybridized carbons (Fsp3) is 0.0833. The molecule has 1 aromatic carbocycles. The van der Waals surface area contributed by atoms with E-state index in [-0.39, 0.29) is 11.8 Å². The minimum atomic E-state index is -0.138. The van der Waals surface area contributed by atoms with Crippen molar-refractivity contribution in [2.75, 3.05) is 0 Å². The fourth-order valence-electron chi connectivity index (χ4n) is 1.43. The van der Waals surface area contributed by atoms with Gasteiger partial charge in [0.05, 0.1) is 17.3 Å². The Morgan fingerprint density at radius 2 is 1.82 bits per heavy atom. The Kier molecular flexibility index (Phi) is 3.89. The molecule has 0 bridgehead atoms. The summed E-state index contributed by atoms with van der Waals surface area (Å²) in [5.74, 6) is 0. The molecule has 2 rings (SSSR count). The molecule has 2 nitrogen and oxygen atoms in total. The van der Waals surface area contributed by atoms with E-state index in [9.17, 15) is 0 Å². The predicted molar refractivity (Wildman–Crippen MR) is 70.6 cm³/mol. The highest BCUT2D eigenvalue weighted by Gasteiger charge is 2.08. The summed E-state index contributed by atoms with van der Waals surface area (Å²) in [6.07, 6.45) is 0. The van der Waals surface area contributed by atoms with Gasteiger partial charge in [-0.05, 0) is 24.3 Å². The highest BCUT2D eigenvalue weighted by atomic mass is 35.5. The van der Waals surface area contributed by atoms with Gasteiger partial charge in [0.1, 0.15) is 5.15 Å². The molecule has 88 valence electrons. The number of hydrogen-bond acceptors (Lipinski definition) is 2. The van der Waals surface area contributed by atoms with Crippen molar-refractivity contribution in [1.29, 1.82) is 0 Å². The van der Waals surface area contributed by atoms with Gasteiger partial charge < -0.3 is 5.11 Å². The number of aliphatic hydroxyl groups excluding tert-OH is 1. The summed E-state index contributed by atoms with van der Waals surface area (Å²) in [5.41, 5.74) is 1.98. The van der Waals surface area contributed by atoms with Gasteiger partial charge in [-0.15, -0.1) is 0 Å². The van der Waals surface area contributed by atoms with Crippen molar-refractivity contribution in [3.05, 3.63) is 51.1 Å². The third-order valence-electron chi connectivity index (χ3n) is 2.30. The first-order valence-electron chi connectivity index (χ1n) is 4.83. The first-order chi connectivity index (χ1) is 8.11. The average Bonchev–Trinajstić information content (AvgIpc) is 2.29. The van der Waals surface area contributed by atoms with Crippen LogP contribution in [0.2, 0.25) is 15.2 Å². The van der Waals surface area contributed by atoms with Crippen molar-refractivity contribution in [2.24, 2.45) is 0 Å². The third-order valence-corrected chi connectivity index (χ3v) is 3.18. The molecule has 17 heavy (non-hydrogen) atoms. The van der Waals surface area contributed by atoms with E-state index >= 15 is 0 Å². The normalized spacial score (nSPS) is 10.6. The molecule has 0 aliphatic carbocycles. The van der Waals surface area contributed by atoms with E-state index in [1.165, 1.54) is 0 Å². The van der Waals surface area contributed by atoms with Gasteiger partial charge in [-0.25, -0.2) is 4.98 Å². The summed E-state index contributed by atoms with van der Waals surface area (Å²) in [6.45, 7) is -0.138. The maximum absolute atomic E-state index is 9.00. The summed E-state index contributed by atoms with van der Waals surface area (Å²) in [5, 5.41) is 10.4. The van der Waals surface area contributed by atoms with Crippen LogP contribution < -0.4 is 0 Å². The Balaban J connectivity index is 2.50. The number of aromatic nitrogens is 1. The maximum atomic E-state index is 9.00. The van der Waals surface area contributed by atoms with Crippen molar-refractivity contribution in [3.63, 3.8) is 0 Å². The zero-order valence-corrected chi connectivity index (χ0v) is 10.9. The van der Waals surface area contributed by atoms with Crippen LogP contribution in [0.1, 0.15) is 5.56 Å². The van der Waals surface area contributed by atoms with Crippen molar-refractivity contribution < 1.29 is 5.11 Å². The van der Waals surface area contributed by atoms with Crippen LogP contribution in [0.3, 0.4) is 0 Å². The van der Waals surface area contributed by atoms with E-state index in [0.29, 0.717) is 21.3 Å². The average molecular weight is 289 g/mol. The lowest BCUT2D eigenvalue weighted by Gasteiger charge is -2.06. The molecule has 5 heteroatoms. The molecule has 0 saturated carbocycles. The zero-order chi connectivity index (χ0) is 12.4. The van der Waals surface area contributed by atoms with E-state index in [0.717, 1.165) is 5.56 Å². The van der Waals surface area contributed by atoms with Crippen LogP contribution in [-0.2, 0) is 6.61 Å². The molecule has 2 aromatic rings. The number of benzene rings is 1. The Hall–Kier alpha value is -0.800. The van der Waals surface area contributed by atoms with E-state index in [2.05, 4.69) is 4.98 Å². The molecule has 0 saturated heterocycles. The van der Waals surface area contributed by atoms with Gasteiger partial charge in [0.25, 0.3) is 0 Å². The van der Waals surface area contributed by atoms with Crippen LogP contribution in [0, 0.1) is 0 Å². The number of hydrogen-bond donors (Lipinski definition) is 1. The standard InChI is InChI=1S/C12H8Cl3NO/c13-8-2-3-9(10(14)5-8)11-4-1-7(6-17)12(15)16-11/h1-5,17H,6H2. The highest BCUT2D eigenvalue weighted by molar-refractivity contribution is 6.36. The van der Waals surface area contributed by atoms with E-state index in [1.807, 2.05) is 0 Å². The fourth-order valence-corrected chi connectivity index (χ4v) is 2.15. The van der Waals surface area contributed by atoms with Crippen molar-refractivity contribution in [1.82, 2.24) is 4.98 Å². The minimum absolute atomic E-state index is 0.138. The predicted octanol–water partition coefficient (Wildman–Crippen LogP) is 4.20. The van der Waals surface area contributed by atoms with Crippen LogP contribution in [0.5, 0.6) is 0 Å². The minimum Gasteiger partial charge on any atom is -0.392 e. The second-order valence-electron chi connectivity index (χ2n) is 3.43. The molecule has 0 atom stereocenters. The summed E-state index contributed by atoms with van der Waals surface area (Å²) >= 11 is 17.8. The topological polar surface area (TPSA) is 33.1 Å². The second kappa shape index (κ2) is 5.23. The Morgan fingerprint density at radius 3 is 2.41 bits per heavy atom. The molecule has 0 amide bonds. The van der Waals surface area contributed by atoms with Crippen LogP contribution >= 0.6 is 34.8 Å². The summed E-state index contributed by atoms with van der Waals surface area (Å²) in [6, 6.07) is 8.64. The molecule has 1 heterocycles. The first kappa shape index (κ1) is 12.7. The van der Waals surface area contributed by atoms with E-state index in [1.54, 1.807) is 30.3 Å². The lowest BCUT2D eigenvalue weighted by molar-refractivity contribution is 0.281. The van der Waals surface area contributed by atoms with E-state index < -0.39 is 0 Å². The van der Waals surface area contributed by atoms with Crippen LogP contribution in [0.15, 0.2) is 30.3 Å². The molecule has 0 radical (unpaired) electrons. The van der Waals surface area contributed by atoms with Gasteiger partial charge in [0, 0.05) is 16.1 Å². The first-order valence-corrected chi connectivity index (χ1v) is 5.97. The number of aliphatic hydroxyl groups is 1. The smallest absolute Gasteiger partial charge is 0.135 e. The molecule has 1 aromatic heterocycles. The Labute approximate surface area is 114 Å². The van der Waals surface area contributed by atoms with Gasteiger partial charge >= 0.3 is 0 Å². The molecule has 0 spiro atoms. The molecular formula is C12H8Cl3NO. The molecule has 0 unspecified atom stereocenters. The van der Waals surface area contributed by atoms with Crippen LogP contribution in [0.4, 0.5) is 0 Å². The second-order valence-corrected chi connectivity index (χ2v) is 4.63. The quantitative estimate of drug-likeness (QED) is 0.840. The lowest BCUT2D eigenvalue weighted by atomic mass is 10.1. The van der Waals surface area contributed by atoms with Crippen molar-refractivity contribution >= 4 is 34.8 Å². The molecule has 0 fully saturated rings. The van der Waals surface area contributed by atoms with Gasteiger partial charge in [-0.3, -0.25) is 0 Å². The van der Waals surface area contributed by atoms with Gasteiger partial charge in [-0.2, -0.15) is 0 Å². The van der Waals surface area contributed by atoms with Crippen LogP contribution in [-0.4, -0.2) is 10.1 Å². The number of rotatable bonds is 2. The van der Waals surface area contributed by atoms with Gasteiger partial charge in [0.15, 0.2) is 0 Å². The Morgan fingerprint density at radius 1 is 1.06 bits per heavy atom. The summed E-state index contributed by atoms with van der Waals surface area (Å²) in [7, 11) is 0. The summed E-state index contributed by atoms with van der Waals surface area (Å²) < 4.78 is 0. The maximum Gasteiger partial charge on any atom is 0.135 e. The summed E-state index contributed by atoms with van der Waals surface area (Å²) in [4.78, 5) is 4.18. The lowest BCUT2D eigenvalue weighted by Crippen LogP contribution is -1.91. The largest absolute Gasteiger partial charge is 0.392 e. The molecule has 0 aliphatic rings. The molecular weight excluding hydrogens is 280 g/mol. The number of halogens is 3. The zero-order valence-electron chi connectivity index (χ0n) is 8.62. The van der Waals surface area contributed by atoms with Crippen LogP contribution in [0.25, 0.3) is 11.3 Å². The SMILES string of the molecule is OCc1ccc(-c2ccc(Cl)cc2Cl)nc1Cl. The molecule has 1 N–H and O–H groups in total. The Bertz CT molecular complexity index is 557. The monoisotopic (exact) mass is 287 g/mol. The third kappa shape index (κ3) is 2.72. The van der Waals surface area contributed by atoms with Gasteiger partial charge in [0.2, 0.25) is 0 Å².